The van der Waals surface area contributed by atoms with Gasteiger partial charge in [0.05, 0.1) is 32.3 Å². The summed E-state index contributed by atoms with van der Waals surface area (Å²) < 4.78 is 0. The van der Waals surface area contributed by atoms with E-state index in [1.807, 2.05) is 0 Å². The zero-order valence-corrected chi connectivity index (χ0v) is 53.0. The third kappa shape index (κ3) is 14.2. The summed E-state index contributed by atoms with van der Waals surface area (Å²) in [6.07, 6.45) is 2.10. The third-order valence-electron chi connectivity index (χ3n) is 12.8. The molecule has 0 fully saturated rings. The van der Waals surface area contributed by atoms with Crippen molar-refractivity contribution in [1.82, 2.24) is 0 Å². The van der Waals surface area contributed by atoms with Crippen molar-refractivity contribution in [3.05, 3.63) is 157 Å². The van der Waals surface area contributed by atoms with Gasteiger partial charge in [-0.15, -0.1) is 69.1 Å². The van der Waals surface area contributed by atoms with Crippen molar-refractivity contribution in [2.24, 2.45) is 0 Å². The first-order valence-corrected chi connectivity index (χ1v) is 46.7. The molecule has 0 aliphatic heterocycles. The van der Waals surface area contributed by atoms with E-state index in [0.29, 0.717) is 0 Å². The van der Waals surface area contributed by atoms with Crippen LogP contribution in [0.5, 0.6) is 0 Å². The minimum atomic E-state index is -1.43. The van der Waals surface area contributed by atoms with Crippen molar-refractivity contribution in [1.29, 1.82) is 0 Å². The van der Waals surface area contributed by atoms with E-state index < -0.39 is 53.1 Å². The van der Waals surface area contributed by atoms with Crippen LogP contribution in [0.1, 0.15) is 25.0 Å². The van der Waals surface area contributed by atoms with E-state index in [1.165, 1.54) is 77.2 Å². The quantitative estimate of drug-likeness (QED) is 0.0946. The van der Waals surface area contributed by atoms with Crippen molar-refractivity contribution < 1.29 is 20.8 Å². The van der Waals surface area contributed by atoms with Gasteiger partial charge in [0.15, 0.2) is 0 Å². The van der Waals surface area contributed by atoms with Crippen LogP contribution in [0.25, 0.3) is 66.1 Å². The van der Waals surface area contributed by atoms with Crippen LogP contribution in [0, 0.1) is 0 Å². The summed E-state index contributed by atoms with van der Waals surface area (Å²) >= 11 is -0.826. The molecule has 0 saturated heterocycles. The average molecular weight is 1100 g/mol. The molecular formula is C60H76Cl2Si5Zr. The molecule has 0 N–H and O–H groups in total. The van der Waals surface area contributed by atoms with Crippen LogP contribution in [-0.4, -0.2) is 41.8 Å². The normalized spacial score (nSPS) is 11.8. The van der Waals surface area contributed by atoms with Gasteiger partial charge < -0.3 is 0 Å². The van der Waals surface area contributed by atoms with Crippen molar-refractivity contribution in [3.63, 3.8) is 0 Å². The summed E-state index contributed by atoms with van der Waals surface area (Å²) in [5.41, 5.74) is 13.9. The standard InChI is InChI=1S/2C29H35Si2.C2H6Si.2ClH.Zr/c2*1-8-21-14-15-23-16-24(22-12-10-9-11-13-22)19-28(23)29(21)25-17-26(30(2,3)4)20-27(18-25)31(5,6)7;1-3-2;;;/h2*9-20H,8H2,1-7H3;1-2H3;2*1H;/q2*-1;;;;+4/p-2. The van der Waals surface area contributed by atoms with Gasteiger partial charge >= 0.3 is 37.9 Å². The van der Waals surface area contributed by atoms with E-state index in [2.05, 4.69) is 251 Å². The molecule has 68 heavy (non-hydrogen) atoms. The molecule has 8 heteroatoms. The fraction of sp³-hybridized carbons (Fsp3) is 0.300. The molecule has 0 nitrogen and oxygen atoms in total. The Bertz CT molecular complexity index is 2620. The Morgan fingerprint density at radius 3 is 0.941 bits per heavy atom. The first kappa shape index (κ1) is 56.0. The maximum atomic E-state index is 4.93. The second-order valence-electron chi connectivity index (χ2n) is 22.3. The number of rotatable bonds is 10. The van der Waals surface area contributed by atoms with Gasteiger partial charge in [-0.05, 0) is 35.1 Å². The van der Waals surface area contributed by atoms with Crippen LogP contribution in [0.15, 0.2) is 146 Å². The molecule has 8 aromatic rings. The van der Waals surface area contributed by atoms with E-state index >= 15 is 0 Å². The molecule has 354 valence electrons. The molecule has 0 aliphatic rings. The zero-order valence-electron chi connectivity index (χ0n) is 44.0. The Balaban J connectivity index is 0.000000228. The fourth-order valence-corrected chi connectivity index (χ4v) is 13.8. The third-order valence-corrected chi connectivity index (χ3v) is 20.9. The number of aryl methyl sites for hydroxylation is 2. The molecule has 0 saturated carbocycles. The summed E-state index contributed by atoms with van der Waals surface area (Å²) in [6, 6.07) is 55.5. The monoisotopic (exact) mass is 1100 g/mol. The van der Waals surface area contributed by atoms with E-state index in [-0.39, 0.29) is 0 Å². The summed E-state index contributed by atoms with van der Waals surface area (Å²) in [5.74, 6) is 0. The number of hydrogen-bond acceptors (Lipinski definition) is 0. The van der Waals surface area contributed by atoms with Gasteiger partial charge in [-0.1, -0.05) is 258 Å². The van der Waals surface area contributed by atoms with E-state index in [9.17, 15) is 0 Å². The zero-order chi connectivity index (χ0) is 50.2. The van der Waals surface area contributed by atoms with Gasteiger partial charge in [-0.25, -0.2) is 0 Å². The van der Waals surface area contributed by atoms with Crippen LogP contribution in [0.4, 0.5) is 0 Å². The van der Waals surface area contributed by atoms with Gasteiger partial charge in [0.25, 0.3) is 0 Å². The molecule has 0 aromatic heterocycles. The first-order chi connectivity index (χ1) is 32.0. The Hall–Kier alpha value is -2.91. The Kier molecular flexibility index (Phi) is 19.8. The van der Waals surface area contributed by atoms with Crippen LogP contribution in [0.2, 0.25) is 91.7 Å². The van der Waals surface area contributed by atoms with Crippen LogP contribution in [-0.2, 0) is 33.7 Å². The summed E-state index contributed by atoms with van der Waals surface area (Å²) in [6.45, 7) is 38.5. The molecule has 0 spiro atoms. The van der Waals surface area contributed by atoms with Crippen molar-refractivity contribution in [2.75, 3.05) is 0 Å². The molecule has 8 rings (SSSR count). The van der Waals surface area contributed by atoms with Crippen LogP contribution >= 0.6 is 17.0 Å². The SMILES string of the molecule is CCc1ccc2[cH-]c(-c3ccccc3)cc2c1-c1cc([Si](C)(C)C)cc([Si](C)(C)C)c1.CCc1ccc2[cH-]c(-c3ccccc3)cc2c1-c1cc([Si](C)(C)C)cc([Si](C)(C)C)c1.C[Si]C.[Cl][Zr+2][Cl]. The number of benzene rings is 6. The van der Waals surface area contributed by atoms with Crippen LogP contribution in [0.3, 0.4) is 0 Å². The second-order valence-corrected chi connectivity index (χ2v) is 47.3. The molecule has 8 aromatic carbocycles. The summed E-state index contributed by atoms with van der Waals surface area (Å²) in [5, 5.41) is 11.8. The number of fused-ring (bicyclic) bond motifs is 2. The van der Waals surface area contributed by atoms with E-state index in [0.717, 1.165) is 22.4 Å². The van der Waals surface area contributed by atoms with Crippen molar-refractivity contribution in [3.8, 4) is 44.5 Å². The Morgan fingerprint density at radius 2 is 0.691 bits per heavy atom. The average Bonchev–Trinajstić information content (AvgIpc) is 3.94. The molecular weight excluding hydrogens is 1020 g/mol. The fourth-order valence-electron chi connectivity index (χ4n) is 8.80. The molecule has 0 amide bonds. The van der Waals surface area contributed by atoms with Crippen molar-refractivity contribution >= 4 is 101 Å². The predicted octanol–water partition coefficient (Wildman–Crippen LogP) is 17.3. The molecule has 2 radical (unpaired) electrons. The number of hydrogen-bond donors (Lipinski definition) is 0. The summed E-state index contributed by atoms with van der Waals surface area (Å²) in [4.78, 5) is 0. The van der Waals surface area contributed by atoms with Gasteiger partial charge in [-0.3, -0.25) is 0 Å². The maximum absolute atomic E-state index is 4.93. The van der Waals surface area contributed by atoms with Gasteiger partial charge in [0, 0.05) is 9.52 Å². The van der Waals surface area contributed by atoms with E-state index in [1.54, 1.807) is 20.7 Å². The van der Waals surface area contributed by atoms with E-state index in [4.69, 9.17) is 17.0 Å². The van der Waals surface area contributed by atoms with Crippen molar-refractivity contribution in [2.45, 2.75) is 118 Å². The summed E-state index contributed by atoms with van der Waals surface area (Å²) in [7, 11) is 5.24. The Morgan fingerprint density at radius 1 is 0.412 bits per heavy atom. The first-order valence-electron chi connectivity index (χ1n) is 24.4. The van der Waals surface area contributed by atoms with Gasteiger partial charge in [-0.2, -0.15) is 0 Å². The minimum absolute atomic E-state index is 0.826. The molecule has 0 aliphatic carbocycles. The Labute approximate surface area is 437 Å². The molecule has 0 heterocycles. The van der Waals surface area contributed by atoms with Gasteiger partial charge in [0.2, 0.25) is 0 Å². The topological polar surface area (TPSA) is 0 Å². The second kappa shape index (κ2) is 24.0. The van der Waals surface area contributed by atoms with Crippen LogP contribution < -0.4 is 20.7 Å². The van der Waals surface area contributed by atoms with Gasteiger partial charge in [0.1, 0.15) is 0 Å². The molecule has 0 atom stereocenters. The predicted molar refractivity (Wildman–Crippen MR) is 321 cm³/mol. The molecule has 0 unspecified atom stereocenters. The number of halogens is 2. The molecule has 0 bridgehead atoms.